The number of likely N-dealkylation sites (tertiary alicyclic amines) is 1. The third-order valence-corrected chi connectivity index (χ3v) is 2.41. The second kappa shape index (κ2) is 2.22. The molecule has 0 saturated carbocycles. The van der Waals surface area contributed by atoms with Gasteiger partial charge in [0.2, 0.25) is 0 Å². The van der Waals surface area contributed by atoms with Crippen LogP contribution in [-0.2, 0) is 0 Å². The van der Waals surface area contributed by atoms with Gasteiger partial charge < -0.3 is 5.11 Å². The van der Waals surface area contributed by atoms with E-state index in [2.05, 4.69) is 6.07 Å². The zero-order valence-electron chi connectivity index (χ0n) is 6.33. The Kier molecular flexibility index (Phi) is 1.67. The lowest BCUT2D eigenvalue weighted by Gasteiger charge is -2.26. The molecule has 0 bridgehead atoms. The fourth-order valence-electron chi connectivity index (χ4n) is 1.24. The van der Waals surface area contributed by atoms with Crippen molar-refractivity contribution in [2.45, 2.75) is 25.0 Å². The van der Waals surface area contributed by atoms with E-state index in [1.54, 1.807) is 6.92 Å². The molecule has 1 N–H and O–H groups in total. The van der Waals surface area contributed by atoms with Crippen molar-refractivity contribution < 1.29 is 5.11 Å². The topological polar surface area (TPSA) is 47.3 Å². The first-order valence-electron chi connectivity index (χ1n) is 3.42. The normalized spacial score (nSPS) is 41.6. The molecule has 0 aromatic rings. The van der Waals surface area contributed by atoms with E-state index in [1.165, 1.54) is 0 Å². The molecule has 0 amide bonds. The molecular weight excluding hydrogens is 128 g/mol. The summed E-state index contributed by atoms with van der Waals surface area (Å²) in [5.74, 6) is 0. The van der Waals surface area contributed by atoms with E-state index in [0.29, 0.717) is 6.42 Å². The average Bonchev–Trinajstić information content (AvgIpc) is 2.18. The van der Waals surface area contributed by atoms with Crippen molar-refractivity contribution in [2.75, 3.05) is 13.6 Å². The molecule has 1 heterocycles. The van der Waals surface area contributed by atoms with Gasteiger partial charge in [-0.2, -0.15) is 5.26 Å². The highest BCUT2D eigenvalue weighted by Gasteiger charge is 2.42. The summed E-state index contributed by atoms with van der Waals surface area (Å²) in [4.78, 5) is 1.89. The smallest absolute Gasteiger partial charge is 0.132 e. The summed E-state index contributed by atoms with van der Waals surface area (Å²) < 4.78 is 0. The third kappa shape index (κ3) is 0.808. The number of aliphatic hydroxyl groups is 1. The number of hydrogen-bond acceptors (Lipinski definition) is 3. The Bertz CT molecular complexity index is 163. The van der Waals surface area contributed by atoms with E-state index in [-0.39, 0.29) is 0 Å². The SMILES string of the molecule is CN1CCC(O)C1(C)C#N. The number of hydrogen-bond donors (Lipinski definition) is 1. The fraction of sp³-hybridized carbons (Fsp3) is 0.857. The number of rotatable bonds is 0. The molecule has 0 aliphatic carbocycles. The van der Waals surface area contributed by atoms with Gasteiger partial charge in [-0.05, 0) is 20.4 Å². The van der Waals surface area contributed by atoms with E-state index in [9.17, 15) is 5.11 Å². The lowest BCUT2D eigenvalue weighted by Crippen LogP contribution is -2.44. The Hall–Kier alpha value is -0.590. The van der Waals surface area contributed by atoms with Gasteiger partial charge in [0.1, 0.15) is 5.54 Å². The summed E-state index contributed by atoms with van der Waals surface area (Å²) in [7, 11) is 1.86. The van der Waals surface area contributed by atoms with Crippen molar-refractivity contribution in [2.24, 2.45) is 0 Å². The summed E-state index contributed by atoms with van der Waals surface area (Å²) in [6, 6.07) is 2.12. The molecule has 1 fully saturated rings. The van der Waals surface area contributed by atoms with Crippen LogP contribution >= 0.6 is 0 Å². The molecule has 3 heteroatoms. The molecule has 3 nitrogen and oxygen atoms in total. The molecule has 2 unspecified atom stereocenters. The lowest BCUT2D eigenvalue weighted by molar-refractivity contribution is 0.0938. The van der Waals surface area contributed by atoms with Crippen LogP contribution in [0.4, 0.5) is 0 Å². The van der Waals surface area contributed by atoms with Gasteiger partial charge in [-0.1, -0.05) is 0 Å². The Morgan fingerprint density at radius 1 is 1.80 bits per heavy atom. The molecule has 10 heavy (non-hydrogen) atoms. The van der Waals surface area contributed by atoms with E-state index in [1.807, 2.05) is 11.9 Å². The zero-order valence-corrected chi connectivity index (χ0v) is 6.33. The molecule has 0 aromatic carbocycles. The first kappa shape index (κ1) is 7.52. The predicted molar refractivity (Wildman–Crippen MR) is 37.3 cm³/mol. The van der Waals surface area contributed by atoms with Gasteiger partial charge in [-0.25, -0.2) is 0 Å². The molecule has 0 radical (unpaired) electrons. The first-order valence-corrected chi connectivity index (χ1v) is 3.42. The molecule has 0 aromatic heterocycles. The Morgan fingerprint density at radius 2 is 2.40 bits per heavy atom. The summed E-state index contributed by atoms with van der Waals surface area (Å²) in [6.07, 6.45) is 0.225. The monoisotopic (exact) mass is 140 g/mol. The maximum atomic E-state index is 9.35. The van der Waals surface area contributed by atoms with Crippen molar-refractivity contribution in [3.05, 3.63) is 0 Å². The van der Waals surface area contributed by atoms with Crippen LogP contribution in [0.3, 0.4) is 0 Å². The van der Waals surface area contributed by atoms with Gasteiger partial charge >= 0.3 is 0 Å². The Morgan fingerprint density at radius 3 is 2.60 bits per heavy atom. The van der Waals surface area contributed by atoms with Crippen LogP contribution in [0.25, 0.3) is 0 Å². The van der Waals surface area contributed by atoms with E-state index >= 15 is 0 Å². The minimum Gasteiger partial charge on any atom is -0.390 e. The predicted octanol–water partition coefficient (Wildman–Crippen LogP) is -0.0349. The largest absolute Gasteiger partial charge is 0.390 e. The second-order valence-corrected chi connectivity index (χ2v) is 2.99. The van der Waals surface area contributed by atoms with Crippen LogP contribution < -0.4 is 0 Å². The average molecular weight is 140 g/mol. The highest BCUT2D eigenvalue weighted by atomic mass is 16.3. The summed E-state index contributed by atoms with van der Waals surface area (Å²) in [5.41, 5.74) is -0.653. The number of aliphatic hydroxyl groups excluding tert-OH is 1. The van der Waals surface area contributed by atoms with Gasteiger partial charge in [-0.15, -0.1) is 0 Å². The molecule has 1 saturated heterocycles. The molecular formula is C7H12N2O. The van der Waals surface area contributed by atoms with Gasteiger partial charge in [0.25, 0.3) is 0 Å². The van der Waals surface area contributed by atoms with E-state index in [4.69, 9.17) is 5.26 Å². The van der Waals surface area contributed by atoms with Crippen LogP contribution in [0.5, 0.6) is 0 Å². The standard InChI is InChI=1S/C7H12N2O/c1-7(5-8)6(10)3-4-9(7)2/h6,10H,3-4H2,1-2H3. The van der Waals surface area contributed by atoms with Gasteiger partial charge in [0.05, 0.1) is 12.2 Å². The van der Waals surface area contributed by atoms with Crippen LogP contribution in [0.15, 0.2) is 0 Å². The Labute approximate surface area is 60.9 Å². The maximum absolute atomic E-state index is 9.35. The van der Waals surface area contributed by atoms with Crippen molar-refractivity contribution in [1.82, 2.24) is 4.90 Å². The highest BCUT2D eigenvalue weighted by molar-refractivity contribution is 5.12. The van der Waals surface area contributed by atoms with Crippen LogP contribution in [0, 0.1) is 11.3 Å². The Balaban J connectivity index is 2.82. The van der Waals surface area contributed by atoms with Crippen molar-refractivity contribution in [3.8, 4) is 6.07 Å². The van der Waals surface area contributed by atoms with Crippen molar-refractivity contribution >= 4 is 0 Å². The van der Waals surface area contributed by atoms with Crippen LogP contribution in [-0.4, -0.2) is 35.2 Å². The fourth-order valence-corrected chi connectivity index (χ4v) is 1.24. The molecule has 0 spiro atoms. The van der Waals surface area contributed by atoms with Crippen molar-refractivity contribution in [1.29, 1.82) is 5.26 Å². The molecule has 2 atom stereocenters. The molecule has 1 rings (SSSR count). The minimum atomic E-state index is -0.653. The van der Waals surface area contributed by atoms with Gasteiger partial charge in [0, 0.05) is 6.54 Å². The summed E-state index contributed by atoms with van der Waals surface area (Å²) in [6.45, 7) is 2.58. The van der Waals surface area contributed by atoms with E-state index in [0.717, 1.165) is 6.54 Å². The lowest BCUT2D eigenvalue weighted by atomic mass is 9.98. The first-order chi connectivity index (χ1) is 4.61. The summed E-state index contributed by atoms with van der Waals surface area (Å²) in [5, 5.41) is 18.1. The number of nitrogens with zero attached hydrogens (tertiary/aromatic N) is 2. The summed E-state index contributed by atoms with van der Waals surface area (Å²) >= 11 is 0. The number of nitriles is 1. The van der Waals surface area contributed by atoms with Crippen molar-refractivity contribution in [3.63, 3.8) is 0 Å². The highest BCUT2D eigenvalue weighted by Crippen LogP contribution is 2.26. The second-order valence-electron chi connectivity index (χ2n) is 2.99. The molecule has 1 aliphatic rings. The third-order valence-electron chi connectivity index (χ3n) is 2.41. The zero-order chi connectivity index (χ0) is 7.78. The quantitative estimate of drug-likeness (QED) is 0.513. The van der Waals surface area contributed by atoms with Crippen LogP contribution in [0.2, 0.25) is 0 Å². The van der Waals surface area contributed by atoms with Gasteiger partial charge in [-0.3, -0.25) is 4.90 Å². The number of likely N-dealkylation sites (N-methyl/N-ethyl adjacent to an activating group) is 1. The van der Waals surface area contributed by atoms with E-state index < -0.39 is 11.6 Å². The molecule has 56 valence electrons. The molecule has 1 aliphatic heterocycles. The van der Waals surface area contributed by atoms with Gasteiger partial charge in [0.15, 0.2) is 0 Å². The minimum absolute atomic E-state index is 0.484. The van der Waals surface area contributed by atoms with Crippen LogP contribution in [0.1, 0.15) is 13.3 Å². The maximum Gasteiger partial charge on any atom is 0.132 e.